The van der Waals surface area contributed by atoms with Crippen LogP contribution in [0.3, 0.4) is 0 Å². The fourth-order valence-corrected chi connectivity index (χ4v) is 2.27. The van der Waals surface area contributed by atoms with Crippen molar-refractivity contribution in [3.05, 3.63) is 28.3 Å². The molecule has 0 bridgehead atoms. The molecule has 3 nitrogen and oxygen atoms in total. The Morgan fingerprint density at radius 2 is 2.00 bits per heavy atom. The summed E-state index contributed by atoms with van der Waals surface area (Å²) in [6.45, 7) is 4.13. The van der Waals surface area contributed by atoms with Crippen molar-refractivity contribution in [2.75, 3.05) is 5.73 Å². The number of nitrogen functional groups attached to an aromatic ring is 1. The largest absolute Gasteiger partial charge is 0.478 e. The van der Waals surface area contributed by atoms with Gasteiger partial charge in [-0.1, -0.05) is 25.4 Å². The van der Waals surface area contributed by atoms with Crippen molar-refractivity contribution in [3.8, 4) is 0 Å². The van der Waals surface area contributed by atoms with Crippen LogP contribution < -0.4 is 5.73 Å². The van der Waals surface area contributed by atoms with E-state index in [9.17, 15) is 4.79 Å². The van der Waals surface area contributed by atoms with Gasteiger partial charge in [0.25, 0.3) is 0 Å². The molecule has 0 aliphatic carbocycles. The Kier molecular flexibility index (Phi) is 4.19. The molecule has 0 amide bonds. The predicted octanol–water partition coefficient (Wildman–Crippen LogP) is 3.52. The Morgan fingerprint density at radius 1 is 1.44 bits per heavy atom. The van der Waals surface area contributed by atoms with Crippen molar-refractivity contribution < 1.29 is 9.90 Å². The molecule has 4 heteroatoms. The van der Waals surface area contributed by atoms with E-state index in [4.69, 9.17) is 22.4 Å². The van der Waals surface area contributed by atoms with Crippen LogP contribution in [0.2, 0.25) is 5.02 Å². The van der Waals surface area contributed by atoms with Crippen molar-refractivity contribution in [3.63, 3.8) is 0 Å². The topological polar surface area (TPSA) is 63.3 Å². The summed E-state index contributed by atoms with van der Waals surface area (Å²) in [5.74, 6) is -0.722. The third-order valence-electron chi connectivity index (χ3n) is 2.80. The van der Waals surface area contributed by atoms with Crippen molar-refractivity contribution in [2.24, 2.45) is 0 Å². The van der Waals surface area contributed by atoms with Crippen molar-refractivity contribution >= 4 is 23.3 Å². The van der Waals surface area contributed by atoms with Crippen molar-refractivity contribution in [2.45, 2.75) is 32.6 Å². The summed E-state index contributed by atoms with van der Waals surface area (Å²) < 4.78 is 0. The van der Waals surface area contributed by atoms with E-state index in [1.54, 1.807) is 0 Å². The van der Waals surface area contributed by atoms with Crippen LogP contribution in [0.25, 0.3) is 0 Å². The zero-order valence-corrected chi connectivity index (χ0v) is 10.2. The first-order chi connectivity index (χ1) is 7.51. The molecule has 0 saturated carbocycles. The van der Waals surface area contributed by atoms with E-state index in [2.05, 4.69) is 13.8 Å². The van der Waals surface area contributed by atoms with Gasteiger partial charge in [0.2, 0.25) is 0 Å². The SMILES string of the molecule is CCC(CC)c1c(N)cc(C(=O)O)cc1Cl. The molecule has 0 spiro atoms. The molecule has 88 valence electrons. The maximum atomic E-state index is 10.8. The van der Waals surface area contributed by atoms with Gasteiger partial charge in [-0.2, -0.15) is 0 Å². The van der Waals surface area contributed by atoms with Gasteiger partial charge in [0.05, 0.1) is 5.56 Å². The maximum absolute atomic E-state index is 10.8. The lowest BCUT2D eigenvalue weighted by Gasteiger charge is -2.17. The highest BCUT2D eigenvalue weighted by molar-refractivity contribution is 6.32. The van der Waals surface area contributed by atoms with Gasteiger partial charge in [0, 0.05) is 10.7 Å². The number of hydrogen-bond acceptors (Lipinski definition) is 2. The van der Waals surface area contributed by atoms with Gasteiger partial charge in [-0.15, -0.1) is 0 Å². The number of carbonyl (C=O) groups is 1. The van der Waals surface area contributed by atoms with E-state index >= 15 is 0 Å². The quantitative estimate of drug-likeness (QED) is 0.793. The lowest BCUT2D eigenvalue weighted by molar-refractivity contribution is 0.0697. The average molecular weight is 242 g/mol. The minimum absolute atomic E-state index is 0.136. The summed E-state index contributed by atoms with van der Waals surface area (Å²) in [5, 5.41) is 9.31. The molecule has 0 saturated heterocycles. The molecular weight excluding hydrogens is 226 g/mol. The number of hydrogen-bond donors (Lipinski definition) is 2. The molecule has 0 radical (unpaired) electrons. The normalized spacial score (nSPS) is 10.8. The zero-order valence-electron chi connectivity index (χ0n) is 9.46. The molecule has 1 rings (SSSR count). The highest BCUT2D eigenvalue weighted by atomic mass is 35.5. The number of carboxylic acids is 1. The highest BCUT2D eigenvalue weighted by Gasteiger charge is 2.17. The number of anilines is 1. The second kappa shape index (κ2) is 5.21. The number of nitrogens with two attached hydrogens (primary N) is 1. The summed E-state index contributed by atoms with van der Waals surface area (Å²) in [7, 11) is 0. The first-order valence-corrected chi connectivity index (χ1v) is 5.71. The smallest absolute Gasteiger partial charge is 0.335 e. The monoisotopic (exact) mass is 241 g/mol. The van der Waals surface area contributed by atoms with E-state index in [1.807, 2.05) is 0 Å². The molecule has 16 heavy (non-hydrogen) atoms. The molecule has 0 fully saturated rings. The summed E-state index contributed by atoms with van der Waals surface area (Å²) in [5.41, 5.74) is 7.34. The van der Waals surface area contributed by atoms with Crippen LogP contribution in [0.1, 0.15) is 48.5 Å². The Morgan fingerprint density at radius 3 is 2.38 bits per heavy atom. The van der Waals surface area contributed by atoms with Crippen LogP contribution in [0, 0.1) is 0 Å². The van der Waals surface area contributed by atoms with Crippen LogP contribution in [0.5, 0.6) is 0 Å². The van der Waals surface area contributed by atoms with Gasteiger partial charge in [-0.25, -0.2) is 4.79 Å². The van der Waals surface area contributed by atoms with Gasteiger partial charge < -0.3 is 10.8 Å². The molecule has 3 N–H and O–H groups in total. The lowest BCUT2D eigenvalue weighted by Crippen LogP contribution is -2.05. The fraction of sp³-hybridized carbons (Fsp3) is 0.417. The minimum atomic E-state index is -1.01. The number of rotatable bonds is 4. The molecule has 1 aromatic carbocycles. The van der Waals surface area contributed by atoms with E-state index in [-0.39, 0.29) is 11.5 Å². The Balaban J connectivity index is 3.26. The Labute approximate surface area is 100 Å². The fourth-order valence-electron chi connectivity index (χ4n) is 1.89. The number of benzene rings is 1. The average Bonchev–Trinajstić information content (AvgIpc) is 2.22. The Hall–Kier alpha value is -1.22. The zero-order chi connectivity index (χ0) is 12.3. The standard InChI is InChI=1S/C12H16ClNO2/c1-3-7(4-2)11-9(13)5-8(12(15)16)6-10(11)14/h5-7H,3-4,14H2,1-2H3,(H,15,16). The minimum Gasteiger partial charge on any atom is -0.478 e. The maximum Gasteiger partial charge on any atom is 0.335 e. The van der Waals surface area contributed by atoms with E-state index < -0.39 is 5.97 Å². The van der Waals surface area contributed by atoms with Gasteiger partial charge in [-0.05, 0) is 36.5 Å². The lowest BCUT2D eigenvalue weighted by atomic mass is 9.91. The van der Waals surface area contributed by atoms with Gasteiger partial charge in [0.15, 0.2) is 0 Å². The van der Waals surface area contributed by atoms with Crippen LogP contribution in [-0.4, -0.2) is 11.1 Å². The van der Waals surface area contributed by atoms with E-state index in [0.29, 0.717) is 10.7 Å². The van der Waals surface area contributed by atoms with Crippen molar-refractivity contribution in [1.82, 2.24) is 0 Å². The molecule has 0 atom stereocenters. The molecule has 1 aromatic rings. The Bertz CT molecular complexity index is 377. The summed E-state index contributed by atoms with van der Waals surface area (Å²) >= 11 is 6.09. The van der Waals surface area contributed by atoms with Crippen molar-refractivity contribution in [1.29, 1.82) is 0 Å². The van der Waals surface area contributed by atoms with Gasteiger partial charge in [0.1, 0.15) is 0 Å². The van der Waals surface area contributed by atoms with E-state index in [1.165, 1.54) is 12.1 Å². The summed E-state index contributed by atoms with van der Waals surface area (Å²) in [4.78, 5) is 10.8. The molecule has 0 aromatic heterocycles. The first kappa shape index (κ1) is 12.8. The van der Waals surface area contributed by atoms with Crippen LogP contribution in [0.4, 0.5) is 5.69 Å². The molecule has 0 unspecified atom stereocenters. The van der Waals surface area contributed by atoms with Crippen LogP contribution in [0.15, 0.2) is 12.1 Å². The van der Waals surface area contributed by atoms with Crippen LogP contribution >= 0.6 is 11.6 Å². The molecular formula is C12H16ClNO2. The predicted molar refractivity (Wildman–Crippen MR) is 66.1 cm³/mol. The number of carboxylic acid groups (broad SMARTS) is 1. The molecule has 0 aliphatic rings. The van der Waals surface area contributed by atoms with Crippen LogP contribution in [-0.2, 0) is 0 Å². The third kappa shape index (κ3) is 2.47. The second-order valence-corrected chi connectivity index (χ2v) is 4.19. The second-order valence-electron chi connectivity index (χ2n) is 3.78. The van der Waals surface area contributed by atoms with Gasteiger partial charge >= 0.3 is 5.97 Å². The third-order valence-corrected chi connectivity index (χ3v) is 3.12. The first-order valence-electron chi connectivity index (χ1n) is 5.33. The van der Waals surface area contributed by atoms with Gasteiger partial charge in [-0.3, -0.25) is 0 Å². The molecule has 0 heterocycles. The molecule has 0 aliphatic heterocycles. The summed E-state index contributed by atoms with van der Waals surface area (Å²) in [6.07, 6.45) is 1.87. The number of halogens is 1. The summed E-state index contributed by atoms with van der Waals surface area (Å²) in [6, 6.07) is 2.94. The van der Waals surface area contributed by atoms with E-state index in [0.717, 1.165) is 18.4 Å². The number of aromatic carboxylic acids is 1. The highest BCUT2D eigenvalue weighted by Crippen LogP contribution is 2.35.